The molecule has 0 bridgehead atoms. The van der Waals surface area contributed by atoms with Gasteiger partial charge in [-0.3, -0.25) is 4.79 Å². The van der Waals surface area contributed by atoms with Crippen molar-refractivity contribution in [2.24, 2.45) is 0 Å². The maximum absolute atomic E-state index is 12.1. The molecule has 0 unspecified atom stereocenters. The highest BCUT2D eigenvalue weighted by Gasteiger charge is 2.13. The third kappa shape index (κ3) is 3.17. The molecule has 5 nitrogen and oxygen atoms in total. The van der Waals surface area contributed by atoms with Crippen LogP contribution >= 0.6 is 11.3 Å². The predicted molar refractivity (Wildman–Crippen MR) is 86.2 cm³/mol. The highest BCUT2D eigenvalue weighted by atomic mass is 32.1. The van der Waals surface area contributed by atoms with E-state index in [1.807, 2.05) is 29.6 Å². The number of nitrogens with zero attached hydrogens (tertiary/aromatic N) is 1. The van der Waals surface area contributed by atoms with Crippen LogP contribution in [0.3, 0.4) is 0 Å². The fraction of sp³-hybridized carbons (Fsp3) is 0.267. The smallest absolute Gasteiger partial charge is 0.267 e. The normalized spacial score (nSPS) is 15.0. The quantitative estimate of drug-likeness (QED) is 0.914. The summed E-state index contributed by atoms with van der Waals surface area (Å²) in [4.78, 5) is 14.9. The zero-order valence-electron chi connectivity index (χ0n) is 11.5. The Balaban J connectivity index is 1.67. The van der Waals surface area contributed by atoms with Gasteiger partial charge in [0.2, 0.25) is 0 Å². The topological polar surface area (TPSA) is 67.6 Å². The van der Waals surface area contributed by atoms with Gasteiger partial charge in [0.15, 0.2) is 0 Å². The molecule has 6 heteroatoms. The lowest BCUT2D eigenvalue weighted by Gasteiger charge is -2.28. The Kier molecular flexibility index (Phi) is 4.08. The number of hydrogen-bond donors (Lipinski definition) is 2. The first-order chi connectivity index (χ1) is 10.2. The summed E-state index contributed by atoms with van der Waals surface area (Å²) in [7, 11) is 0. The molecule has 2 heterocycles. The second kappa shape index (κ2) is 6.15. The Labute approximate surface area is 127 Å². The third-order valence-electron chi connectivity index (χ3n) is 3.40. The van der Waals surface area contributed by atoms with E-state index >= 15 is 0 Å². The van der Waals surface area contributed by atoms with Crippen molar-refractivity contribution < 1.29 is 9.53 Å². The average Bonchev–Trinajstić information content (AvgIpc) is 2.95. The number of nitrogens with one attached hydrogen (secondary N) is 1. The van der Waals surface area contributed by atoms with Crippen LogP contribution in [0.25, 0.3) is 0 Å². The van der Waals surface area contributed by atoms with Crippen molar-refractivity contribution >= 4 is 34.3 Å². The lowest BCUT2D eigenvalue weighted by molar-refractivity contribution is 0.103. The highest BCUT2D eigenvalue weighted by Crippen LogP contribution is 2.22. The number of anilines is 3. The Hall–Kier alpha value is -2.05. The van der Waals surface area contributed by atoms with E-state index in [1.54, 1.807) is 6.07 Å². The standard InChI is InChI=1S/C15H17N3O2S/c16-13-5-10-21-14(13)15(19)17-11-1-3-12(4-2-11)18-6-8-20-9-7-18/h1-5,10H,6-9,16H2,(H,17,19). The second-order valence-electron chi connectivity index (χ2n) is 4.81. The van der Waals surface area contributed by atoms with E-state index in [1.165, 1.54) is 11.3 Å². The molecule has 110 valence electrons. The van der Waals surface area contributed by atoms with E-state index in [0.29, 0.717) is 10.6 Å². The van der Waals surface area contributed by atoms with Crippen LogP contribution in [0.2, 0.25) is 0 Å². The van der Waals surface area contributed by atoms with E-state index in [4.69, 9.17) is 10.5 Å². The fourth-order valence-electron chi connectivity index (χ4n) is 2.27. The number of nitrogens with two attached hydrogens (primary N) is 1. The minimum absolute atomic E-state index is 0.165. The maximum Gasteiger partial charge on any atom is 0.267 e. The number of ether oxygens (including phenoxy) is 1. The summed E-state index contributed by atoms with van der Waals surface area (Å²) in [5.41, 5.74) is 8.18. The van der Waals surface area contributed by atoms with Crippen LogP contribution in [0.4, 0.5) is 17.1 Å². The molecule has 1 aliphatic rings. The van der Waals surface area contributed by atoms with Gasteiger partial charge in [-0.2, -0.15) is 0 Å². The molecule has 1 saturated heterocycles. The Morgan fingerprint density at radius 2 is 1.90 bits per heavy atom. The summed E-state index contributed by atoms with van der Waals surface area (Å²) in [5.74, 6) is -0.165. The number of morpholine rings is 1. The molecule has 3 rings (SSSR count). The molecule has 1 fully saturated rings. The predicted octanol–water partition coefficient (Wildman–Crippen LogP) is 2.42. The molecule has 0 radical (unpaired) electrons. The zero-order valence-corrected chi connectivity index (χ0v) is 12.4. The first kappa shape index (κ1) is 13.9. The van der Waals surface area contributed by atoms with Crippen LogP contribution in [0.5, 0.6) is 0 Å². The van der Waals surface area contributed by atoms with Crippen molar-refractivity contribution in [3.63, 3.8) is 0 Å². The molecular formula is C15H17N3O2S. The van der Waals surface area contributed by atoms with Crippen LogP contribution in [0.15, 0.2) is 35.7 Å². The van der Waals surface area contributed by atoms with Crippen molar-refractivity contribution in [1.29, 1.82) is 0 Å². The Bertz CT molecular complexity index is 618. The van der Waals surface area contributed by atoms with Gasteiger partial charge < -0.3 is 20.7 Å². The van der Waals surface area contributed by atoms with Gasteiger partial charge in [-0.15, -0.1) is 11.3 Å². The Morgan fingerprint density at radius 3 is 2.52 bits per heavy atom. The van der Waals surface area contributed by atoms with Gasteiger partial charge in [0.25, 0.3) is 5.91 Å². The monoisotopic (exact) mass is 303 g/mol. The number of carbonyl (C=O) groups excluding carboxylic acids is 1. The summed E-state index contributed by atoms with van der Waals surface area (Å²) >= 11 is 1.34. The molecule has 1 amide bonds. The molecule has 0 spiro atoms. The van der Waals surface area contributed by atoms with Crippen molar-refractivity contribution in [1.82, 2.24) is 0 Å². The van der Waals surface area contributed by atoms with Gasteiger partial charge >= 0.3 is 0 Å². The summed E-state index contributed by atoms with van der Waals surface area (Å²) in [5, 5.41) is 4.67. The van der Waals surface area contributed by atoms with Crippen LogP contribution in [-0.2, 0) is 4.74 Å². The number of rotatable bonds is 3. The lowest BCUT2D eigenvalue weighted by Crippen LogP contribution is -2.36. The summed E-state index contributed by atoms with van der Waals surface area (Å²) in [6.45, 7) is 3.32. The van der Waals surface area contributed by atoms with E-state index in [-0.39, 0.29) is 5.91 Å². The van der Waals surface area contributed by atoms with Crippen molar-refractivity contribution in [2.45, 2.75) is 0 Å². The van der Waals surface area contributed by atoms with Gasteiger partial charge in [0.05, 0.1) is 18.9 Å². The first-order valence-electron chi connectivity index (χ1n) is 6.81. The summed E-state index contributed by atoms with van der Waals surface area (Å²) in [6.07, 6.45) is 0. The second-order valence-corrected chi connectivity index (χ2v) is 5.72. The van der Waals surface area contributed by atoms with E-state index in [2.05, 4.69) is 10.2 Å². The van der Waals surface area contributed by atoms with Crippen molar-refractivity contribution in [3.05, 3.63) is 40.6 Å². The third-order valence-corrected chi connectivity index (χ3v) is 4.33. The molecule has 21 heavy (non-hydrogen) atoms. The maximum atomic E-state index is 12.1. The van der Waals surface area contributed by atoms with E-state index in [0.717, 1.165) is 37.7 Å². The van der Waals surface area contributed by atoms with Crippen molar-refractivity contribution in [2.75, 3.05) is 42.3 Å². The molecule has 0 saturated carbocycles. The van der Waals surface area contributed by atoms with Gasteiger partial charge in [0, 0.05) is 24.5 Å². The van der Waals surface area contributed by atoms with Crippen LogP contribution in [0, 0.1) is 0 Å². The Morgan fingerprint density at radius 1 is 1.19 bits per heavy atom. The fourth-order valence-corrected chi connectivity index (χ4v) is 2.98. The molecule has 0 atom stereocenters. The molecule has 2 aromatic rings. The minimum atomic E-state index is -0.165. The molecule has 3 N–H and O–H groups in total. The first-order valence-corrected chi connectivity index (χ1v) is 7.69. The average molecular weight is 303 g/mol. The van der Waals surface area contributed by atoms with Crippen LogP contribution in [-0.4, -0.2) is 32.2 Å². The zero-order chi connectivity index (χ0) is 14.7. The summed E-state index contributed by atoms with van der Waals surface area (Å²) < 4.78 is 5.34. The number of hydrogen-bond acceptors (Lipinski definition) is 5. The lowest BCUT2D eigenvalue weighted by atomic mass is 10.2. The molecule has 0 aliphatic carbocycles. The largest absolute Gasteiger partial charge is 0.397 e. The number of carbonyl (C=O) groups is 1. The molecule has 1 aromatic heterocycles. The van der Waals surface area contributed by atoms with Crippen LogP contribution in [0.1, 0.15) is 9.67 Å². The molecular weight excluding hydrogens is 286 g/mol. The number of amides is 1. The van der Waals surface area contributed by atoms with Crippen LogP contribution < -0.4 is 16.0 Å². The SMILES string of the molecule is Nc1ccsc1C(=O)Nc1ccc(N2CCOCC2)cc1. The number of benzene rings is 1. The van der Waals surface area contributed by atoms with Gasteiger partial charge in [-0.1, -0.05) is 0 Å². The number of thiophene rings is 1. The molecule has 1 aromatic carbocycles. The van der Waals surface area contributed by atoms with Gasteiger partial charge in [0.1, 0.15) is 4.88 Å². The highest BCUT2D eigenvalue weighted by molar-refractivity contribution is 7.12. The minimum Gasteiger partial charge on any atom is -0.397 e. The van der Waals surface area contributed by atoms with Gasteiger partial charge in [-0.25, -0.2) is 0 Å². The molecule has 1 aliphatic heterocycles. The van der Waals surface area contributed by atoms with Gasteiger partial charge in [-0.05, 0) is 35.7 Å². The number of nitrogen functional groups attached to an aromatic ring is 1. The van der Waals surface area contributed by atoms with Crippen molar-refractivity contribution in [3.8, 4) is 0 Å². The van der Waals surface area contributed by atoms with E-state index in [9.17, 15) is 4.79 Å². The van der Waals surface area contributed by atoms with E-state index < -0.39 is 0 Å². The summed E-state index contributed by atoms with van der Waals surface area (Å²) in [6, 6.07) is 9.58.